The van der Waals surface area contributed by atoms with Gasteiger partial charge in [0.15, 0.2) is 0 Å². The molecule has 138 valence electrons. The Morgan fingerprint density at radius 2 is 1.73 bits per heavy atom. The lowest BCUT2D eigenvalue weighted by molar-refractivity contribution is -0.118. The van der Waals surface area contributed by atoms with Crippen LogP contribution in [0.15, 0.2) is 53.4 Å². The summed E-state index contributed by atoms with van der Waals surface area (Å²) in [7, 11) is -4.00. The molecule has 2 aromatic carbocycles. The third kappa shape index (κ3) is 5.04. The number of hydrogen-bond donors (Lipinski definition) is 2. The average Bonchev–Trinajstić information content (AvgIpc) is 2.55. The molecule has 0 saturated carbocycles. The molecule has 0 saturated heterocycles. The van der Waals surface area contributed by atoms with Crippen LogP contribution in [0.3, 0.4) is 0 Å². The number of carbonyl (C=O) groups is 2. The Balaban J connectivity index is 2.34. The molecule has 9 heteroatoms. The molecule has 2 rings (SSSR count). The van der Waals surface area contributed by atoms with Gasteiger partial charge in [0.25, 0.3) is 0 Å². The Kier molecular flexibility index (Phi) is 6.36. The van der Waals surface area contributed by atoms with Crippen LogP contribution in [0.5, 0.6) is 0 Å². The third-order valence-electron chi connectivity index (χ3n) is 3.45. The van der Waals surface area contributed by atoms with Crippen LogP contribution in [-0.2, 0) is 26.2 Å². The summed E-state index contributed by atoms with van der Waals surface area (Å²) in [4.78, 5) is 22.4. The van der Waals surface area contributed by atoms with E-state index in [4.69, 9.17) is 17.3 Å². The highest BCUT2D eigenvalue weighted by Crippen LogP contribution is 2.23. The summed E-state index contributed by atoms with van der Waals surface area (Å²) < 4.78 is 26.8. The lowest BCUT2D eigenvalue weighted by atomic mass is 10.2. The topological polar surface area (TPSA) is 110 Å². The van der Waals surface area contributed by atoms with E-state index in [0.717, 1.165) is 4.31 Å². The SMILES string of the molecule is CC(=O)Nc1ccc(S(=O)(=O)N(CC(N)=O)Cc2ccccc2Cl)cc1. The third-order valence-corrected chi connectivity index (χ3v) is 5.62. The number of nitrogens with one attached hydrogen (secondary N) is 1. The average molecular weight is 396 g/mol. The zero-order valence-electron chi connectivity index (χ0n) is 14.0. The number of rotatable bonds is 7. The van der Waals surface area contributed by atoms with Crippen molar-refractivity contribution in [2.45, 2.75) is 18.4 Å². The van der Waals surface area contributed by atoms with Crippen molar-refractivity contribution >= 4 is 39.1 Å². The van der Waals surface area contributed by atoms with Crippen molar-refractivity contribution in [1.82, 2.24) is 4.31 Å². The number of halogens is 1. The maximum atomic E-state index is 12.9. The fourth-order valence-corrected chi connectivity index (χ4v) is 3.86. The summed E-state index contributed by atoms with van der Waals surface area (Å²) in [5.74, 6) is -1.05. The molecule has 0 aliphatic rings. The minimum Gasteiger partial charge on any atom is -0.369 e. The van der Waals surface area contributed by atoms with Crippen LogP contribution in [0.4, 0.5) is 5.69 Å². The first-order chi connectivity index (χ1) is 12.2. The van der Waals surface area contributed by atoms with Gasteiger partial charge in [-0.1, -0.05) is 29.8 Å². The number of nitrogens with two attached hydrogens (primary N) is 1. The van der Waals surface area contributed by atoms with E-state index in [0.29, 0.717) is 16.3 Å². The van der Waals surface area contributed by atoms with Gasteiger partial charge in [0.05, 0.1) is 11.4 Å². The Hall–Kier alpha value is -2.42. The second kappa shape index (κ2) is 8.31. The molecule has 0 bridgehead atoms. The van der Waals surface area contributed by atoms with Crippen molar-refractivity contribution in [3.63, 3.8) is 0 Å². The maximum absolute atomic E-state index is 12.9. The molecule has 0 fully saturated rings. The molecule has 7 nitrogen and oxygen atoms in total. The highest BCUT2D eigenvalue weighted by molar-refractivity contribution is 7.89. The first kappa shape index (κ1) is 19.9. The first-order valence-corrected chi connectivity index (χ1v) is 9.41. The molecular weight excluding hydrogens is 378 g/mol. The van der Waals surface area contributed by atoms with Crippen molar-refractivity contribution in [2.24, 2.45) is 5.73 Å². The van der Waals surface area contributed by atoms with Crippen molar-refractivity contribution in [2.75, 3.05) is 11.9 Å². The highest BCUT2D eigenvalue weighted by Gasteiger charge is 2.26. The summed E-state index contributed by atoms with van der Waals surface area (Å²) in [6.07, 6.45) is 0. The molecule has 0 aliphatic heterocycles. The summed E-state index contributed by atoms with van der Waals surface area (Å²) in [5, 5.41) is 2.94. The number of amides is 2. The maximum Gasteiger partial charge on any atom is 0.243 e. The van der Waals surface area contributed by atoms with E-state index in [1.807, 2.05) is 0 Å². The minimum absolute atomic E-state index is 0.0279. The minimum atomic E-state index is -4.00. The van der Waals surface area contributed by atoms with Crippen LogP contribution in [0.2, 0.25) is 5.02 Å². The first-order valence-electron chi connectivity index (χ1n) is 7.59. The Morgan fingerprint density at radius 3 is 2.27 bits per heavy atom. The largest absolute Gasteiger partial charge is 0.369 e. The number of sulfonamides is 1. The van der Waals surface area contributed by atoms with E-state index >= 15 is 0 Å². The lowest BCUT2D eigenvalue weighted by Gasteiger charge is -2.21. The number of anilines is 1. The number of nitrogens with zero attached hydrogens (tertiary/aromatic N) is 1. The predicted molar refractivity (Wildman–Crippen MR) is 99.0 cm³/mol. The molecule has 0 aliphatic carbocycles. The van der Waals surface area contributed by atoms with Gasteiger partial charge >= 0.3 is 0 Å². The molecule has 0 spiro atoms. The molecule has 0 radical (unpaired) electrons. The van der Waals surface area contributed by atoms with Crippen molar-refractivity contribution in [3.05, 3.63) is 59.1 Å². The van der Waals surface area contributed by atoms with Gasteiger partial charge in [0.1, 0.15) is 0 Å². The zero-order chi connectivity index (χ0) is 19.3. The molecule has 0 unspecified atom stereocenters. The summed E-state index contributed by atoms with van der Waals surface area (Å²) in [6.45, 7) is 0.766. The van der Waals surface area contributed by atoms with Gasteiger partial charge in [-0.2, -0.15) is 4.31 Å². The smallest absolute Gasteiger partial charge is 0.243 e. The number of carbonyl (C=O) groups excluding carboxylic acids is 2. The molecule has 2 amide bonds. The van der Waals surface area contributed by atoms with Gasteiger partial charge < -0.3 is 11.1 Å². The van der Waals surface area contributed by atoms with Gasteiger partial charge in [-0.15, -0.1) is 0 Å². The van der Waals surface area contributed by atoms with Gasteiger partial charge in [0, 0.05) is 24.2 Å². The van der Waals surface area contributed by atoms with Crippen LogP contribution in [0.25, 0.3) is 0 Å². The van der Waals surface area contributed by atoms with Crippen LogP contribution in [0, 0.1) is 0 Å². The molecule has 0 atom stereocenters. The molecule has 0 aromatic heterocycles. The molecule has 0 heterocycles. The van der Waals surface area contributed by atoms with E-state index in [1.165, 1.54) is 31.2 Å². The van der Waals surface area contributed by atoms with Crippen LogP contribution < -0.4 is 11.1 Å². The highest BCUT2D eigenvalue weighted by atomic mass is 35.5. The normalized spacial score (nSPS) is 11.3. The summed E-state index contributed by atoms with van der Waals surface area (Å²) in [5.41, 5.74) is 6.23. The van der Waals surface area contributed by atoms with E-state index in [-0.39, 0.29) is 17.3 Å². The van der Waals surface area contributed by atoms with Gasteiger partial charge in [-0.25, -0.2) is 8.42 Å². The Bertz CT molecular complexity index is 914. The van der Waals surface area contributed by atoms with Crippen molar-refractivity contribution in [1.29, 1.82) is 0 Å². The quantitative estimate of drug-likeness (QED) is 0.746. The fraction of sp³-hybridized carbons (Fsp3) is 0.176. The molecule has 3 N–H and O–H groups in total. The number of primary amides is 1. The van der Waals surface area contributed by atoms with E-state index in [2.05, 4.69) is 5.32 Å². The van der Waals surface area contributed by atoms with Gasteiger partial charge in [0.2, 0.25) is 21.8 Å². The van der Waals surface area contributed by atoms with Crippen molar-refractivity contribution in [3.8, 4) is 0 Å². The summed E-state index contributed by atoms with van der Waals surface area (Å²) >= 11 is 6.09. The van der Waals surface area contributed by atoms with Crippen molar-refractivity contribution < 1.29 is 18.0 Å². The Labute approximate surface area is 156 Å². The fourth-order valence-electron chi connectivity index (χ4n) is 2.28. The van der Waals surface area contributed by atoms with Gasteiger partial charge in [-0.05, 0) is 35.9 Å². The lowest BCUT2D eigenvalue weighted by Crippen LogP contribution is -2.38. The predicted octanol–water partition coefficient (Wildman–Crippen LogP) is 1.97. The summed E-state index contributed by atoms with van der Waals surface area (Å²) in [6, 6.07) is 12.4. The number of hydrogen-bond acceptors (Lipinski definition) is 4. The molecule has 2 aromatic rings. The van der Waals surface area contributed by atoms with Gasteiger partial charge in [-0.3, -0.25) is 9.59 Å². The number of benzene rings is 2. The monoisotopic (exact) mass is 395 g/mol. The van der Waals surface area contributed by atoms with Crippen LogP contribution in [0.1, 0.15) is 12.5 Å². The second-order valence-corrected chi connectivity index (χ2v) is 7.88. The van der Waals surface area contributed by atoms with E-state index in [1.54, 1.807) is 24.3 Å². The Morgan fingerprint density at radius 1 is 1.12 bits per heavy atom. The van der Waals surface area contributed by atoms with E-state index < -0.39 is 22.5 Å². The van der Waals surface area contributed by atoms with Crippen LogP contribution in [-0.4, -0.2) is 31.1 Å². The zero-order valence-corrected chi connectivity index (χ0v) is 15.5. The molecular formula is C17H18ClN3O4S. The second-order valence-electron chi connectivity index (χ2n) is 5.54. The standard InChI is InChI=1S/C17H18ClN3O4S/c1-12(22)20-14-6-8-15(9-7-14)26(24,25)21(11-17(19)23)10-13-4-2-3-5-16(13)18/h2-9H,10-11H2,1H3,(H2,19,23)(H,20,22). The van der Waals surface area contributed by atoms with E-state index in [9.17, 15) is 18.0 Å². The molecule has 26 heavy (non-hydrogen) atoms. The van der Waals surface area contributed by atoms with Crippen LogP contribution >= 0.6 is 11.6 Å².